The van der Waals surface area contributed by atoms with Gasteiger partial charge in [-0.1, -0.05) is 0 Å². The number of hydrogen-bond acceptors (Lipinski definition) is 3. The molecule has 1 aromatic heterocycles. The first-order valence-electron chi connectivity index (χ1n) is 5.04. The number of ether oxygens (including phenoxy) is 1. The average molecular weight is 318 g/mol. The minimum absolute atomic E-state index is 0.0381. The predicted molar refractivity (Wildman–Crippen MR) is 66.1 cm³/mol. The van der Waals surface area contributed by atoms with Gasteiger partial charge in [0.05, 0.1) is 13.7 Å². The second-order valence-corrected chi connectivity index (χ2v) is 4.31. The van der Waals surface area contributed by atoms with E-state index in [4.69, 9.17) is 10.5 Å². The molecular formula is C11H10BrF2N3O. The van der Waals surface area contributed by atoms with Gasteiger partial charge < -0.3 is 15.5 Å². The van der Waals surface area contributed by atoms with E-state index in [9.17, 15) is 8.78 Å². The van der Waals surface area contributed by atoms with Crippen LogP contribution < -0.4 is 10.5 Å². The Morgan fingerprint density at radius 3 is 2.67 bits per heavy atom. The van der Waals surface area contributed by atoms with Gasteiger partial charge in [0.15, 0.2) is 11.6 Å². The number of nitrogens with zero attached hydrogens (tertiary/aromatic N) is 1. The van der Waals surface area contributed by atoms with E-state index < -0.39 is 11.6 Å². The van der Waals surface area contributed by atoms with E-state index in [1.165, 1.54) is 7.11 Å². The number of halogens is 3. The van der Waals surface area contributed by atoms with Crippen molar-refractivity contribution in [2.24, 2.45) is 5.73 Å². The average Bonchev–Trinajstić information content (AvgIpc) is 2.73. The summed E-state index contributed by atoms with van der Waals surface area (Å²) in [4.78, 5) is 6.91. The van der Waals surface area contributed by atoms with Crippen molar-refractivity contribution in [1.29, 1.82) is 0 Å². The van der Waals surface area contributed by atoms with Crippen LogP contribution in [-0.2, 0) is 6.54 Å². The molecule has 0 fully saturated rings. The SMILES string of the molecule is COc1cc(F)c(-c2nc(CN)[nH]c2Br)cc1F. The van der Waals surface area contributed by atoms with Crippen LogP contribution >= 0.6 is 15.9 Å². The highest BCUT2D eigenvalue weighted by atomic mass is 79.9. The standard InChI is InChI=1S/C11H10BrF2N3O/c1-18-8-3-6(13)5(2-7(8)14)10-11(12)17-9(4-15)16-10/h2-3H,4,15H2,1H3,(H,16,17). The van der Waals surface area contributed by atoms with Crippen LogP contribution in [0.25, 0.3) is 11.3 Å². The lowest BCUT2D eigenvalue weighted by atomic mass is 10.1. The van der Waals surface area contributed by atoms with Crippen molar-refractivity contribution in [3.63, 3.8) is 0 Å². The van der Waals surface area contributed by atoms with Crippen molar-refractivity contribution in [2.45, 2.75) is 6.54 Å². The predicted octanol–water partition coefficient (Wildman–Crippen LogP) is 2.58. The summed E-state index contributed by atoms with van der Waals surface area (Å²) in [7, 11) is 1.27. The van der Waals surface area contributed by atoms with E-state index >= 15 is 0 Å². The zero-order valence-electron chi connectivity index (χ0n) is 9.43. The number of benzene rings is 1. The van der Waals surface area contributed by atoms with Gasteiger partial charge >= 0.3 is 0 Å². The summed E-state index contributed by atoms with van der Waals surface area (Å²) in [6, 6.07) is 2.02. The molecule has 0 radical (unpaired) electrons. The number of H-pyrrole nitrogens is 1. The number of nitrogens with one attached hydrogen (secondary N) is 1. The molecule has 0 spiro atoms. The van der Waals surface area contributed by atoms with E-state index in [1.54, 1.807) is 0 Å². The summed E-state index contributed by atoms with van der Waals surface area (Å²) in [6.45, 7) is 0.179. The minimum atomic E-state index is -0.655. The highest BCUT2D eigenvalue weighted by Gasteiger charge is 2.17. The molecule has 96 valence electrons. The van der Waals surface area contributed by atoms with E-state index in [2.05, 4.69) is 25.9 Å². The Kier molecular flexibility index (Phi) is 3.63. The summed E-state index contributed by atoms with van der Waals surface area (Å²) >= 11 is 3.19. The van der Waals surface area contributed by atoms with Crippen LogP contribution in [0, 0.1) is 11.6 Å². The van der Waals surface area contributed by atoms with Gasteiger partial charge in [-0.15, -0.1) is 0 Å². The number of aromatic amines is 1. The molecule has 0 unspecified atom stereocenters. The van der Waals surface area contributed by atoms with Crippen LogP contribution in [0.2, 0.25) is 0 Å². The molecule has 0 amide bonds. The number of nitrogens with two attached hydrogens (primary N) is 1. The van der Waals surface area contributed by atoms with Crippen molar-refractivity contribution in [1.82, 2.24) is 9.97 Å². The lowest BCUT2D eigenvalue weighted by Gasteiger charge is -2.05. The first-order chi connectivity index (χ1) is 8.56. The first kappa shape index (κ1) is 13.0. The Morgan fingerprint density at radius 2 is 2.11 bits per heavy atom. The topological polar surface area (TPSA) is 63.9 Å². The fraction of sp³-hybridized carbons (Fsp3) is 0.182. The van der Waals surface area contributed by atoms with Crippen molar-refractivity contribution in [3.05, 3.63) is 34.2 Å². The zero-order valence-corrected chi connectivity index (χ0v) is 11.0. The van der Waals surface area contributed by atoms with Crippen LogP contribution in [0.15, 0.2) is 16.7 Å². The third-order valence-corrected chi connectivity index (χ3v) is 2.97. The molecule has 18 heavy (non-hydrogen) atoms. The van der Waals surface area contributed by atoms with E-state index in [0.29, 0.717) is 10.4 Å². The summed E-state index contributed by atoms with van der Waals surface area (Å²) in [5.41, 5.74) is 5.73. The summed E-state index contributed by atoms with van der Waals surface area (Å²) in [5, 5.41) is 0. The monoisotopic (exact) mass is 317 g/mol. The summed E-state index contributed by atoms with van der Waals surface area (Å²) in [5.74, 6) is -0.948. The number of imidazole rings is 1. The molecule has 0 aliphatic rings. The smallest absolute Gasteiger partial charge is 0.165 e. The quantitative estimate of drug-likeness (QED) is 0.914. The van der Waals surface area contributed by atoms with E-state index in [-0.39, 0.29) is 23.6 Å². The first-order valence-corrected chi connectivity index (χ1v) is 5.84. The molecule has 7 heteroatoms. The lowest BCUT2D eigenvalue weighted by molar-refractivity contribution is 0.383. The van der Waals surface area contributed by atoms with Gasteiger partial charge in [0, 0.05) is 11.6 Å². The largest absolute Gasteiger partial charge is 0.494 e. The molecular weight excluding hydrogens is 308 g/mol. The van der Waals surface area contributed by atoms with Crippen LogP contribution in [0.1, 0.15) is 5.82 Å². The molecule has 1 aromatic carbocycles. The maximum Gasteiger partial charge on any atom is 0.165 e. The second-order valence-electron chi connectivity index (χ2n) is 3.52. The Labute approximate surface area is 110 Å². The van der Waals surface area contributed by atoms with Gasteiger partial charge in [0.1, 0.15) is 21.9 Å². The van der Waals surface area contributed by atoms with Crippen LogP contribution in [0.4, 0.5) is 8.78 Å². The zero-order chi connectivity index (χ0) is 13.3. The van der Waals surface area contributed by atoms with E-state index in [0.717, 1.165) is 12.1 Å². The van der Waals surface area contributed by atoms with E-state index in [1.807, 2.05) is 0 Å². The molecule has 0 saturated carbocycles. The molecule has 2 aromatic rings. The van der Waals surface area contributed by atoms with Crippen LogP contribution in [-0.4, -0.2) is 17.1 Å². The third-order valence-electron chi connectivity index (χ3n) is 2.40. The Morgan fingerprint density at radius 1 is 1.39 bits per heavy atom. The maximum absolute atomic E-state index is 13.8. The number of methoxy groups -OCH3 is 1. The van der Waals surface area contributed by atoms with Gasteiger partial charge in [-0.2, -0.15) is 0 Å². The minimum Gasteiger partial charge on any atom is -0.494 e. The highest BCUT2D eigenvalue weighted by molar-refractivity contribution is 9.10. The van der Waals surface area contributed by atoms with Crippen molar-refractivity contribution in [3.8, 4) is 17.0 Å². The molecule has 0 saturated heterocycles. The summed E-state index contributed by atoms with van der Waals surface area (Å²) < 4.78 is 32.6. The van der Waals surface area contributed by atoms with Crippen LogP contribution in [0.5, 0.6) is 5.75 Å². The fourth-order valence-electron chi connectivity index (χ4n) is 1.54. The normalized spacial score (nSPS) is 10.7. The second kappa shape index (κ2) is 5.03. The fourth-order valence-corrected chi connectivity index (χ4v) is 2.07. The van der Waals surface area contributed by atoms with Gasteiger partial charge in [0.2, 0.25) is 0 Å². The Bertz CT molecular complexity index is 586. The highest BCUT2D eigenvalue weighted by Crippen LogP contribution is 2.32. The molecule has 2 rings (SSSR count). The third kappa shape index (κ3) is 2.23. The van der Waals surface area contributed by atoms with Gasteiger partial charge in [-0.3, -0.25) is 0 Å². The molecule has 4 nitrogen and oxygen atoms in total. The van der Waals surface area contributed by atoms with Gasteiger partial charge in [-0.25, -0.2) is 13.8 Å². The molecule has 3 N–H and O–H groups in total. The molecule has 0 aliphatic carbocycles. The lowest BCUT2D eigenvalue weighted by Crippen LogP contribution is -1.98. The van der Waals surface area contributed by atoms with Crippen LogP contribution in [0.3, 0.4) is 0 Å². The molecule has 0 atom stereocenters. The molecule has 0 aliphatic heterocycles. The van der Waals surface area contributed by atoms with Gasteiger partial charge in [-0.05, 0) is 22.0 Å². The summed E-state index contributed by atoms with van der Waals surface area (Å²) in [6.07, 6.45) is 0. The number of rotatable bonds is 3. The molecule has 1 heterocycles. The van der Waals surface area contributed by atoms with Gasteiger partial charge in [0.25, 0.3) is 0 Å². The Hall–Kier alpha value is -1.47. The molecule has 0 bridgehead atoms. The number of aromatic nitrogens is 2. The van der Waals surface area contributed by atoms with Crippen molar-refractivity contribution < 1.29 is 13.5 Å². The van der Waals surface area contributed by atoms with Crippen molar-refractivity contribution in [2.75, 3.05) is 7.11 Å². The Balaban J connectivity index is 2.56. The maximum atomic E-state index is 13.8. The van der Waals surface area contributed by atoms with Crippen molar-refractivity contribution >= 4 is 15.9 Å². The number of hydrogen-bond donors (Lipinski definition) is 2.